The molecule has 0 saturated carbocycles. The van der Waals surface area contributed by atoms with E-state index in [1.54, 1.807) is 25.2 Å². The molecular formula is C12H18N2O3S. The zero-order valence-electron chi connectivity index (χ0n) is 10.8. The van der Waals surface area contributed by atoms with E-state index in [2.05, 4.69) is 0 Å². The van der Waals surface area contributed by atoms with Crippen molar-refractivity contribution in [1.82, 2.24) is 4.90 Å². The van der Waals surface area contributed by atoms with Gasteiger partial charge in [-0.05, 0) is 30.7 Å². The van der Waals surface area contributed by atoms with Gasteiger partial charge in [-0.3, -0.25) is 4.79 Å². The van der Waals surface area contributed by atoms with Crippen LogP contribution in [0, 0.1) is 6.92 Å². The largest absolute Gasteiger partial charge is 0.399 e. The summed E-state index contributed by atoms with van der Waals surface area (Å²) in [4.78, 5) is 13.4. The van der Waals surface area contributed by atoms with Crippen molar-refractivity contribution in [3.63, 3.8) is 0 Å². The molecule has 6 heteroatoms. The van der Waals surface area contributed by atoms with Crippen LogP contribution in [0.1, 0.15) is 15.9 Å². The normalized spacial score (nSPS) is 11.3. The quantitative estimate of drug-likeness (QED) is 0.816. The monoisotopic (exact) mass is 270 g/mol. The summed E-state index contributed by atoms with van der Waals surface area (Å²) in [5.41, 5.74) is 7.57. The van der Waals surface area contributed by atoms with Crippen molar-refractivity contribution in [3.05, 3.63) is 29.3 Å². The Morgan fingerprint density at radius 2 is 1.94 bits per heavy atom. The molecule has 1 rings (SSSR count). The molecule has 0 saturated heterocycles. The van der Waals surface area contributed by atoms with Gasteiger partial charge in [0.15, 0.2) is 0 Å². The van der Waals surface area contributed by atoms with Crippen molar-refractivity contribution in [2.45, 2.75) is 6.92 Å². The van der Waals surface area contributed by atoms with Crippen molar-refractivity contribution in [3.8, 4) is 0 Å². The van der Waals surface area contributed by atoms with Gasteiger partial charge in [-0.1, -0.05) is 0 Å². The Kier molecular flexibility index (Phi) is 4.34. The van der Waals surface area contributed by atoms with Crippen molar-refractivity contribution < 1.29 is 13.2 Å². The summed E-state index contributed by atoms with van der Waals surface area (Å²) in [6.07, 6.45) is 1.15. The minimum atomic E-state index is -3.07. The highest BCUT2D eigenvalue weighted by Crippen LogP contribution is 2.13. The summed E-state index contributed by atoms with van der Waals surface area (Å²) in [7, 11) is -1.49. The molecule has 0 atom stereocenters. The molecule has 0 aromatic heterocycles. The van der Waals surface area contributed by atoms with Crippen molar-refractivity contribution in [1.29, 1.82) is 0 Å². The number of aryl methyl sites for hydroxylation is 1. The van der Waals surface area contributed by atoms with Crippen molar-refractivity contribution >= 4 is 21.4 Å². The van der Waals surface area contributed by atoms with Gasteiger partial charge in [0.05, 0.1) is 5.75 Å². The molecule has 5 nitrogen and oxygen atoms in total. The second-order valence-corrected chi connectivity index (χ2v) is 6.75. The van der Waals surface area contributed by atoms with E-state index in [4.69, 9.17) is 5.73 Å². The first kappa shape index (κ1) is 14.5. The van der Waals surface area contributed by atoms with Gasteiger partial charge in [-0.2, -0.15) is 0 Å². The number of amides is 1. The van der Waals surface area contributed by atoms with Gasteiger partial charge in [0.1, 0.15) is 9.84 Å². The van der Waals surface area contributed by atoms with Gasteiger partial charge in [-0.25, -0.2) is 8.42 Å². The van der Waals surface area contributed by atoms with Crippen LogP contribution in [0.3, 0.4) is 0 Å². The van der Waals surface area contributed by atoms with E-state index in [-0.39, 0.29) is 18.2 Å². The standard InChI is InChI=1S/C12H18N2O3S/c1-9-6-10(8-11(13)7-9)12(15)14(2)4-5-18(3,16)17/h6-8H,4-5,13H2,1-3H3. The number of nitrogens with zero attached hydrogens (tertiary/aromatic N) is 1. The number of benzene rings is 1. The first-order valence-corrected chi connectivity index (χ1v) is 7.55. The van der Waals surface area contributed by atoms with Crippen molar-refractivity contribution in [2.24, 2.45) is 0 Å². The molecule has 18 heavy (non-hydrogen) atoms. The van der Waals surface area contributed by atoms with E-state index >= 15 is 0 Å². The zero-order valence-corrected chi connectivity index (χ0v) is 11.6. The SMILES string of the molecule is Cc1cc(N)cc(C(=O)N(C)CCS(C)(=O)=O)c1. The van der Waals surface area contributed by atoms with E-state index < -0.39 is 9.84 Å². The molecule has 0 aliphatic rings. The number of nitrogen functional groups attached to an aromatic ring is 1. The highest BCUT2D eigenvalue weighted by Gasteiger charge is 2.14. The van der Waals surface area contributed by atoms with Crippen LogP contribution < -0.4 is 5.73 Å². The molecule has 0 bridgehead atoms. The minimum Gasteiger partial charge on any atom is -0.399 e. The third-order valence-corrected chi connectivity index (χ3v) is 3.41. The predicted molar refractivity (Wildman–Crippen MR) is 72.3 cm³/mol. The predicted octanol–water partition coefficient (Wildman–Crippen LogP) is 0.694. The molecule has 2 N–H and O–H groups in total. The Labute approximate surface area is 108 Å². The van der Waals surface area contributed by atoms with Gasteiger partial charge in [-0.15, -0.1) is 0 Å². The molecule has 1 aromatic rings. The average Bonchev–Trinajstić information content (AvgIpc) is 2.22. The van der Waals surface area contributed by atoms with E-state index in [9.17, 15) is 13.2 Å². The van der Waals surface area contributed by atoms with Crippen LogP contribution in [0.4, 0.5) is 5.69 Å². The molecule has 0 fully saturated rings. The molecule has 1 aromatic carbocycles. The third-order valence-electron chi connectivity index (χ3n) is 2.49. The molecule has 0 radical (unpaired) electrons. The topological polar surface area (TPSA) is 80.5 Å². The van der Waals surface area contributed by atoms with E-state index in [0.717, 1.165) is 11.8 Å². The lowest BCUT2D eigenvalue weighted by Gasteiger charge is -2.17. The second-order valence-electron chi connectivity index (χ2n) is 4.49. The minimum absolute atomic E-state index is 0.0451. The highest BCUT2D eigenvalue weighted by atomic mass is 32.2. The van der Waals surface area contributed by atoms with Gasteiger partial charge < -0.3 is 10.6 Å². The summed E-state index contributed by atoms with van der Waals surface area (Å²) >= 11 is 0. The zero-order chi connectivity index (χ0) is 13.9. The summed E-state index contributed by atoms with van der Waals surface area (Å²) in [6.45, 7) is 2.02. The number of carbonyl (C=O) groups is 1. The molecule has 1 amide bonds. The van der Waals surface area contributed by atoms with Crippen LogP contribution in [-0.2, 0) is 9.84 Å². The van der Waals surface area contributed by atoms with E-state index in [1.807, 2.05) is 6.92 Å². The molecule has 0 unspecified atom stereocenters. The van der Waals surface area contributed by atoms with Crippen LogP contribution in [0.2, 0.25) is 0 Å². The number of nitrogens with two attached hydrogens (primary N) is 1. The maximum atomic E-state index is 12.0. The molecule has 0 aliphatic heterocycles. The van der Waals surface area contributed by atoms with Gasteiger partial charge in [0.25, 0.3) is 5.91 Å². The van der Waals surface area contributed by atoms with Gasteiger partial charge >= 0.3 is 0 Å². The summed E-state index contributed by atoms with van der Waals surface area (Å²) in [6, 6.07) is 5.09. The van der Waals surface area contributed by atoms with Crippen LogP contribution >= 0.6 is 0 Å². The molecule has 0 heterocycles. The Morgan fingerprint density at radius 1 is 1.33 bits per heavy atom. The first-order chi connectivity index (χ1) is 8.19. The van der Waals surface area contributed by atoms with Crippen LogP contribution in [-0.4, -0.2) is 44.8 Å². The number of anilines is 1. The Bertz CT molecular complexity index is 532. The third kappa shape index (κ3) is 4.37. The summed E-state index contributed by atoms with van der Waals surface area (Å²) in [5, 5.41) is 0. The Hall–Kier alpha value is -1.56. The lowest BCUT2D eigenvalue weighted by atomic mass is 10.1. The fourth-order valence-electron chi connectivity index (χ4n) is 1.56. The lowest BCUT2D eigenvalue weighted by Crippen LogP contribution is -2.31. The maximum Gasteiger partial charge on any atom is 0.253 e. The highest BCUT2D eigenvalue weighted by molar-refractivity contribution is 7.90. The van der Waals surface area contributed by atoms with E-state index in [1.165, 1.54) is 4.90 Å². The average molecular weight is 270 g/mol. The summed E-state index contributed by atoms with van der Waals surface area (Å²) < 4.78 is 22.1. The van der Waals surface area contributed by atoms with Crippen LogP contribution in [0.5, 0.6) is 0 Å². The Balaban J connectivity index is 2.80. The number of sulfone groups is 1. The van der Waals surface area contributed by atoms with E-state index in [0.29, 0.717) is 11.3 Å². The first-order valence-electron chi connectivity index (χ1n) is 5.49. The number of hydrogen-bond acceptors (Lipinski definition) is 4. The van der Waals surface area contributed by atoms with Gasteiger partial charge in [0, 0.05) is 31.1 Å². The maximum absolute atomic E-state index is 12.0. The van der Waals surface area contributed by atoms with Crippen LogP contribution in [0.25, 0.3) is 0 Å². The molecular weight excluding hydrogens is 252 g/mol. The van der Waals surface area contributed by atoms with Crippen molar-refractivity contribution in [2.75, 3.05) is 31.3 Å². The van der Waals surface area contributed by atoms with Crippen LogP contribution in [0.15, 0.2) is 18.2 Å². The summed E-state index contributed by atoms with van der Waals surface area (Å²) in [5.74, 6) is -0.273. The number of carbonyl (C=O) groups excluding carboxylic acids is 1. The van der Waals surface area contributed by atoms with Gasteiger partial charge in [0.2, 0.25) is 0 Å². The Morgan fingerprint density at radius 3 is 2.44 bits per heavy atom. The number of hydrogen-bond donors (Lipinski definition) is 1. The lowest BCUT2D eigenvalue weighted by molar-refractivity contribution is 0.0803. The fourth-order valence-corrected chi connectivity index (χ4v) is 2.17. The smallest absolute Gasteiger partial charge is 0.253 e. The molecule has 0 aliphatic carbocycles. The second kappa shape index (κ2) is 5.39. The molecule has 0 spiro atoms. The molecule has 100 valence electrons. The fraction of sp³-hybridized carbons (Fsp3) is 0.417. The number of rotatable bonds is 4.